The summed E-state index contributed by atoms with van der Waals surface area (Å²) < 4.78 is 7.87. The first kappa shape index (κ1) is 10.6. The molecule has 0 saturated carbocycles. The normalized spacial score (nSPS) is 10.6. The van der Waals surface area contributed by atoms with Gasteiger partial charge in [-0.3, -0.25) is 9.48 Å². The molecule has 2 aromatic rings. The third kappa shape index (κ3) is 1.91. The van der Waals surface area contributed by atoms with Gasteiger partial charge in [0.1, 0.15) is 5.69 Å². The smallest absolute Gasteiger partial charge is 0.247 e. The Labute approximate surface area is 103 Å². The molecule has 2 aromatic heterocycles. The van der Waals surface area contributed by atoms with E-state index in [-0.39, 0.29) is 11.5 Å². The van der Waals surface area contributed by atoms with Crippen LogP contribution in [0.25, 0.3) is 0 Å². The number of nitrogens with zero attached hydrogens (tertiary/aromatic N) is 2. The maximum Gasteiger partial charge on any atom is 0.247 e. The van der Waals surface area contributed by atoms with Gasteiger partial charge in [0.2, 0.25) is 5.78 Å². The molecule has 2 rings (SSSR count). The Balaban J connectivity index is 2.45. The lowest BCUT2D eigenvalue weighted by Crippen LogP contribution is -2.07. The highest BCUT2D eigenvalue weighted by molar-refractivity contribution is 9.10. The largest absolute Gasteiger partial charge is 0.446 e. The molecule has 0 aliphatic carbocycles. The highest BCUT2D eigenvalue weighted by Crippen LogP contribution is 2.21. The summed E-state index contributed by atoms with van der Waals surface area (Å²) in [5.41, 5.74) is 0.469. The Kier molecular flexibility index (Phi) is 2.79. The Morgan fingerprint density at radius 2 is 2.20 bits per heavy atom. The molecule has 78 valence electrons. The van der Waals surface area contributed by atoms with Crippen LogP contribution in [-0.2, 0) is 7.05 Å². The second-order valence-corrected chi connectivity index (χ2v) is 4.53. The van der Waals surface area contributed by atoms with Crippen molar-refractivity contribution in [3.05, 3.63) is 38.9 Å². The van der Waals surface area contributed by atoms with Gasteiger partial charge in [-0.05, 0) is 44.0 Å². The summed E-state index contributed by atoms with van der Waals surface area (Å²) in [7, 11) is 1.70. The Morgan fingerprint density at radius 3 is 2.67 bits per heavy atom. The van der Waals surface area contributed by atoms with Crippen LogP contribution in [0.15, 0.2) is 31.9 Å². The van der Waals surface area contributed by atoms with E-state index in [1.165, 1.54) is 4.68 Å². The SMILES string of the molecule is Cn1ncc(Br)c1C(=O)c1ccc(Br)o1. The quantitative estimate of drug-likeness (QED) is 0.794. The fourth-order valence-electron chi connectivity index (χ4n) is 1.22. The molecule has 0 spiro atoms. The van der Waals surface area contributed by atoms with Crippen LogP contribution in [0, 0.1) is 0 Å². The first-order valence-electron chi connectivity index (χ1n) is 4.07. The van der Waals surface area contributed by atoms with E-state index in [9.17, 15) is 4.79 Å². The summed E-state index contributed by atoms with van der Waals surface area (Å²) in [6, 6.07) is 3.30. The van der Waals surface area contributed by atoms with Gasteiger partial charge in [-0.2, -0.15) is 5.10 Å². The summed E-state index contributed by atoms with van der Waals surface area (Å²) in [6.45, 7) is 0. The minimum Gasteiger partial charge on any atom is -0.446 e. The topological polar surface area (TPSA) is 48.0 Å². The van der Waals surface area contributed by atoms with E-state index in [0.29, 0.717) is 14.8 Å². The van der Waals surface area contributed by atoms with Crippen LogP contribution in [0.2, 0.25) is 0 Å². The van der Waals surface area contributed by atoms with Crippen LogP contribution in [0.5, 0.6) is 0 Å². The molecule has 2 heterocycles. The maximum absolute atomic E-state index is 12.0. The van der Waals surface area contributed by atoms with Crippen LogP contribution in [0.3, 0.4) is 0 Å². The average molecular weight is 334 g/mol. The molecule has 0 aromatic carbocycles. The van der Waals surface area contributed by atoms with Crippen molar-refractivity contribution in [3.8, 4) is 0 Å². The Morgan fingerprint density at radius 1 is 1.47 bits per heavy atom. The van der Waals surface area contributed by atoms with Crippen molar-refractivity contribution in [1.29, 1.82) is 0 Å². The molecular formula is C9H6Br2N2O2. The number of aryl methyl sites for hydroxylation is 1. The van der Waals surface area contributed by atoms with Crippen molar-refractivity contribution in [2.45, 2.75) is 0 Å². The van der Waals surface area contributed by atoms with Crippen LogP contribution in [0.1, 0.15) is 16.2 Å². The van der Waals surface area contributed by atoms with Crippen molar-refractivity contribution in [2.75, 3.05) is 0 Å². The first-order chi connectivity index (χ1) is 7.09. The molecule has 0 fully saturated rings. The molecule has 15 heavy (non-hydrogen) atoms. The van der Waals surface area contributed by atoms with E-state index in [2.05, 4.69) is 37.0 Å². The van der Waals surface area contributed by atoms with Crippen LogP contribution in [-0.4, -0.2) is 15.6 Å². The van der Waals surface area contributed by atoms with E-state index in [4.69, 9.17) is 4.42 Å². The first-order valence-corrected chi connectivity index (χ1v) is 5.65. The van der Waals surface area contributed by atoms with Crippen molar-refractivity contribution in [3.63, 3.8) is 0 Å². The van der Waals surface area contributed by atoms with Gasteiger partial charge in [0, 0.05) is 7.05 Å². The molecule has 0 atom stereocenters. The Hall–Kier alpha value is -0.880. The van der Waals surface area contributed by atoms with Gasteiger partial charge in [-0.25, -0.2) is 0 Å². The molecule has 0 unspecified atom stereocenters. The number of carbonyl (C=O) groups excluding carboxylic acids is 1. The highest BCUT2D eigenvalue weighted by Gasteiger charge is 2.19. The van der Waals surface area contributed by atoms with Crippen LogP contribution >= 0.6 is 31.9 Å². The van der Waals surface area contributed by atoms with Crippen molar-refractivity contribution in [2.24, 2.45) is 7.05 Å². The molecule has 0 radical (unpaired) electrons. The lowest BCUT2D eigenvalue weighted by Gasteiger charge is -1.98. The van der Waals surface area contributed by atoms with Gasteiger partial charge in [-0.1, -0.05) is 0 Å². The van der Waals surface area contributed by atoms with E-state index in [0.717, 1.165) is 0 Å². The van der Waals surface area contributed by atoms with E-state index in [1.807, 2.05) is 0 Å². The minimum absolute atomic E-state index is 0.201. The van der Waals surface area contributed by atoms with Crippen molar-refractivity contribution >= 4 is 37.6 Å². The zero-order chi connectivity index (χ0) is 11.0. The molecule has 0 aliphatic heterocycles. The number of furan rings is 1. The minimum atomic E-state index is -0.201. The van der Waals surface area contributed by atoms with Crippen molar-refractivity contribution < 1.29 is 9.21 Å². The number of carbonyl (C=O) groups is 1. The molecule has 0 bridgehead atoms. The van der Waals surface area contributed by atoms with Gasteiger partial charge in [0.15, 0.2) is 10.4 Å². The summed E-state index contributed by atoms with van der Waals surface area (Å²) in [5.74, 6) is 0.0822. The number of hydrogen-bond donors (Lipinski definition) is 0. The molecule has 0 amide bonds. The number of aromatic nitrogens is 2. The molecule has 0 saturated heterocycles. The van der Waals surface area contributed by atoms with Gasteiger partial charge >= 0.3 is 0 Å². The molecule has 0 N–H and O–H groups in total. The Bertz CT molecular complexity index is 496. The van der Waals surface area contributed by atoms with Crippen molar-refractivity contribution in [1.82, 2.24) is 9.78 Å². The van der Waals surface area contributed by atoms with Gasteiger partial charge in [-0.15, -0.1) is 0 Å². The number of ketones is 1. The van der Waals surface area contributed by atoms with Crippen LogP contribution < -0.4 is 0 Å². The van der Waals surface area contributed by atoms with E-state index in [1.54, 1.807) is 25.4 Å². The average Bonchev–Trinajstić information content (AvgIpc) is 2.73. The maximum atomic E-state index is 12.0. The molecule has 0 aliphatic rings. The number of rotatable bonds is 2. The predicted octanol–water partition coefficient (Wildman–Crippen LogP) is 2.77. The van der Waals surface area contributed by atoms with Gasteiger partial charge in [0.25, 0.3) is 0 Å². The molecule has 4 nitrogen and oxygen atoms in total. The summed E-state index contributed by atoms with van der Waals surface area (Å²) in [6.07, 6.45) is 1.57. The number of halogens is 2. The molecular weight excluding hydrogens is 328 g/mol. The third-order valence-electron chi connectivity index (χ3n) is 1.91. The summed E-state index contributed by atoms with van der Waals surface area (Å²) >= 11 is 6.41. The fourth-order valence-corrected chi connectivity index (χ4v) is 2.05. The van der Waals surface area contributed by atoms with Gasteiger partial charge in [0.05, 0.1) is 10.7 Å². The summed E-state index contributed by atoms with van der Waals surface area (Å²) in [4.78, 5) is 12.0. The standard InChI is InChI=1S/C9H6Br2N2O2/c1-13-8(5(10)4-12-13)9(14)6-2-3-7(11)15-6/h2-4H,1H3. The number of hydrogen-bond acceptors (Lipinski definition) is 3. The van der Waals surface area contributed by atoms with E-state index >= 15 is 0 Å². The zero-order valence-electron chi connectivity index (χ0n) is 7.70. The lowest BCUT2D eigenvalue weighted by atomic mass is 10.2. The van der Waals surface area contributed by atoms with Crippen LogP contribution in [0.4, 0.5) is 0 Å². The lowest BCUT2D eigenvalue weighted by molar-refractivity contribution is 0.0998. The molecule has 6 heteroatoms. The zero-order valence-corrected chi connectivity index (χ0v) is 10.9. The second kappa shape index (κ2) is 3.94. The fraction of sp³-hybridized carbons (Fsp3) is 0.111. The highest BCUT2D eigenvalue weighted by atomic mass is 79.9. The van der Waals surface area contributed by atoms with Gasteiger partial charge < -0.3 is 4.42 Å². The third-order valence-corrected chi connectivity index (χ3v) is 2.91. The second-order valence-electron chi connectivity index (χ2n) is 2.90. The monoisotopic (exact) mass is 332 g/mol. The predicted molar refractivity (Wildman–Crippen MR) is 60.7 cm³/mol. The van der Waals surface area contributed by atoms with E-state index < -0.39 is 0 Å². The summed E-state index contributed by atoms with van der Waals surface area (Å²) in [5, 5.41) is 3.97.